The van der Waals surface area contributed by atoms with Gasteiger partial charge in [0.25, 0.3) is 0 Å². The number of nitrogens with two attached hydrogens (primary N) is 1. The maximum absolute atomic E-state index is 11.9. The highest BCUT2D eigenvalue weighted by Crippen LogP contribution is 2.14. The van der Waals surface area contributed by atoms with Gasteiger partial charge in [0.2, 0.25) is 0 Å². The van der Waals surface area contributed by atoms with Gasteiger partial charge < -0.3 is 15.2 Å². The molecule has 21 heavy (non-hydrogen) atoms. The fraction of sp³-hybridized carbons (Fsp3) is 0.188. The van der Waals surface area contributed by atoms with Crippen LogP contribution in [0.1, 0.15) is 5.56 Å². The molecule has 0 aromatic heterocycles. The molecule has 4 nitrogen and oxygen atoms in total. The van der Waals surface area contributed by atoms with Crippen LogP contribution in [0.5, 0.6) is 11.5 Å². The number of hydrogen-bond donors (Lipinski definition) is 1. The predicted octanol–water partition coefficient (Wildman–Crippen LogP) is 2.59. The van der Waals surface area contributed by atoms with Gasteiger partial charge >= 0.3 is 5.97 Å². The van der Waals surface area contributed by atoms with Gasteiger partial charge in [-0.1, -0.05) is 30.3 Å². The smallest absolute Gasteiger partial charge is 0.328 e. The first-order chi connectivity index (χ1) is 9.69. The van der Waals surface area contributed by atoms with Gasteiger partial charge in [-0.3, -0.25) is 0 Å². The highest BCUT2D eigenvalue weighted by atomic mass is 35.5. The number of esters is 1. The second-order valence-corrected chi connectivity index (χ2v) is 4.39. The number of benzene rings is 2. The second kappa shape index (κ2) is 8.29. The Hall–Kier alpha value is -2.04. The molecule has 0 radical (unpaired) electrons. The highest BCUT2D eigenvalue weighted by molar-refractivity contribution is 5.85. The number of methoxy groups -OCH3 is 1. The number of ether oxygens (including phenoxy) is 2. The third-order valence-electron chi connectivity index (χ3n) is 2.88. The van der Waals surface area contributed by atoms with E-state index in [4.69, 9.17) is 15.2 Å². The van der Waals surface area contributed by atoms with Gasteiger partial charge in [0.05, 0.1) is 7.11 Å². The van der Waals surface area contributed by atoms with E-state index in [0.29, 0.717) is 12.2 Å². The Balaban J connectivity index is 0.00000220. The molecule has 1 atom stereocenters. The summed E-state index contributed by atoms with van der Waals surface area (Å²) in [6.45, 7) is 0. The van der Waals surface area contributed by atoms with Crippen LogP contribution in [0, 0.1) is 0 Å². The molecule has 0 unspecified atom stereocenters. The lowest BCUT2D eigenvalue weighted by atomic mass is 10.1. The molecule has 2 N–H and O–H groups in total. The molecule has 2 rings (SSSR count). The van der Waals surface area contributed by atoms with E-state index < -0.39 is 12.0 Å². The van der Waals surface area contributed by atoms with Crippen LogP contribution in [0.4, 0.5) is 0 Å². The number of rotatable bonds is 5. The fourth-order valence-electron chi connectivity index (χ4n) is 1.78. The van der Waals surface area contributed by atoms with Gasteiger partial charge in [-0.05, 0) is 36.2 Å². The quantitative estimate of drug-likeness (QED) is 0.681. The summed E-state index contributed by atoms with van der Waals surface area (Å²) in [5.74, 6) is 0.837. The number of halogens is 1. The molecule has 112 valence electrons. The lowest BCUT2D eigenvalue weighted by molar-refractivity contribution is -0.135. The van der Waals surface area contributed by atoms with Crippen molar-refractivity contribution in [1.82, 2.24) is 0 Å². The van der Waals surface area contributed by atoms with Crippen molar-refractivity contribution in [2.75, 3.05) is 7.11 Å². The standard InChI is InChI=1S/C16H17NO3.ClH/c1-19-13-9-7-12(8-10-13)11-15(17)16(18)20-14-5-3-2-4-6-14;/h2-10,15H,11,17H2,1H3;1H/t15-;/m0./s1. The third-order valence-corrected chi connectivity index (χ3v) is 2.88. The predicted molar refractivity (Wildman–Crippen MR) is 84.0 cm³/mol. The molecule has 0 heterocycles. The van der Waals surface area contributed by atoms with Crippen LogP contribution >= 0.6 is 12.4 Å². The lowest BCUT2D eigenvalue weighted by Gasteiger charge is -2.11. The molecule has 2 aromatic carbocycles. The summed E-state index contributed by atoms with van der Waals surface area (Å²) in [6.07, 6.45) is 0.426. The van der Waals surface area contributed by atoms with Crippen molar-refractivity contribution in [3.8, 4) is 11.5 Å². The average Bonchev–Trinajstić information content (AvgIpc) is 2.49. The Morgan fingerprint density at radius 3 is 2.24 bits per heavy atom. The maximum Gasteiger partial charge on any atom is 0.328 e. The lowest BCUT2D eigenvalue weighted by Crippen LogP contribution is -2.36. The second-order valence-electron chi connectivity index (χ2n) is 4.39. The minimum Gasteiger partial charge on any atom is -0.497 e. The normalized spacial score (nSPS) is 11.1. The van der Waals surface area contributed by atoms with Gasteiger partial charge in [0.15, 0.2) is 0 Å². The molecular formula is C16H18ClNO3. The summed E-state index contributed by atoms with van der Waals surface area (Å²) in [5.41, 5.74) is 6.82. The monoisotopic (exact) mass is 307 g/mol. The van der Waals surface area contributed by atoms with Crippen LogP contribution in [0.2, 0.25) is 0 Å². The van der Waals surface area contributed by atoms with Crippen LogP contribution < -0.4 is 15.2 Å². The van der Waals surface area contributed by atoms with Crippen LogP contribution in [0.25, 0.3) is 0 Å². The van der Waals surface area contributed by atoms with Gasteiger partial charge in [-0.25, -0.2) is 4.79 Å². The molecule has 0 aliphatic rings. The van der Waals surface area contributed by atoms with Gasteiger partial charge in [-0.2, -0.15) is 0 Å². The summed E-state index contributed by atoms with van der Waals surface area (Å²) in [7, 11) is 1.61. The molecule has 0 aliphatic heterocycles. The molecular weight excluding hydrogens is 290 g/mol. The van der Waals surface area contributed by atoms with E-state index >= 15 is 0 Å². The summed E-state index contributed by atoms with van der Waals surface area (Å²) >= 11 is 0. The Morgan fingerprint density at radius 1 is 1.05 bits per heavy atom. The molecule has 0 saturated carbocycles. The Labute approximate surface area is 130 Å². The largest absolute Gasteiger partial charge is 0.497 e. The zero-order valence-electron chi connectivity index (χ0n) is 11.7. The van der Waals surface area contributed by atoms with Crippen molar-refractivity contribution in [3.63, 3.8) is 0 Å². The first-order valence-corrected chi connectivity index (χ1v) is 6.34. The van der Waals surface area contributed by atoms with Crippen molar-refractivity contribution in [1.29, 1.82) is 0 Å². The fourth-order valence-corrected chi connectivity index (χ4v) is 1.78. The van der Waals surface area contributed by atoms with Crippen LogP contribution in [-0.2, 0) is 11.2 Å². The molecule has 0 bridgehead atoms. The van der Waals surface area contributed by atoms with E-state index in [1.165, 1.54) is 0 Å². The molecule has 2 aromatic rings. The van der Waals surface area contributed by atoms with Crippen molar-refractivity contribution >= 4 is 18.4 Å². The summed E-state index contributed by atoms with van der Waals surface area (Å²) < 4.78 is 10.3. The Kier molecular flexibility index (Phi) is 6.72. The van der Waals surface area contributed by atoms with Gasteiger partial charge in [0.1, 0.15) is 17.5 Å². The highest BCUT2D eigenvalue weighted by Gasteiger charge is 2.16. The van der Waals surface area contributed by atoms with Crippen molar-refractivity contribution in [2.45, 2.75) is 12.5 Å². The van der Waals surface area contributed by atoms with Gasteiger partial charge in [0, 0.05) is 0 Å². The molecule has 0 fully saturated rings. The summed E-state index contributed by atoms with van der Waals surface area (Å²) in [5, 5.41) is 0. The third kappa shape index (κ3) is 5.10. The van der Waals surface area contributed by atoms with Crippen molar-refractivity contribution in [3.05, 3.63) is 60.2 Å². The zero-order chi connectivity index (χ0) is 14.4. The molecule has 0 saturated heterocycles. The SMILES string of the molecule is COc1ccc(C[C@H](N)C(=O)Oc2ccccc2)cc1.Cl. The van der Waals surface area contributed by atoms with Crippen molar-refractivity contribution in [2.24, 2.45) is 5.73 Å². The summed E-state index contributed by atoms with van der Waals surface area (Å²) in [4.78, 5) is 11.9. The number of hydrogen-bond acceptors (Lipinski definition) is 4. The molecule has 5 heteroatoms. The number of para-hydroxylation sites is 1. The van der Waals surface area contributed by atoms with Crippen LogP contribution in [-0.4, -0.2) is 19.1 Å². The van der Waals surface area contributed by atoms with E-state index in [9.17, 15) is 4.79 Å². The van der Waals surface area contributed by atoms with Crippen LogP contribution in [0.15, 0.2) is 54.6 Å². The number of carbonyl (C=O) groups excluding carboxylic acids is 1. The van der Waals surface area contributed by atoms with Crippen molar-refractivity contribution < 1.29 is 14.3 Å². The Bertz CT molecular complexity index is 557. The maximum atomic E-state index is 11.9. The first kappa shape index (κ1) is 17.0. The zero-order valence-corrected chi connectivity index (χ0v) is 12.5. The molecule has 0 spiro atoms. The van der Waals surface area contributed by atoms with E-state index in [1.807, 2.05) is 30.3 Å². The minimum atomic E-state index is -0.691. The van der Waals surface area contributed by atoms with E-state index in [0.717, 1.165) is 11.3 Å². The topological polar surface area (TPSA) is 61.5 Å². The first-order valence-electron chi connectivity index (χ1n) is 6.34. The van der Waals surface area contributed by atoms with E-state index in [-0.39, 0.29) is 12.4 Å². The Morgan fingerprint density at radius 2 is 1.67 bits per heavy atom. The molecule has 0 aliphatic carbocycles. The average molecular weight is 308 g/mol. The van der Waals surface area contributed by atoms with Gasteiger partial charge in [-0.15, -0.1) is 12.4 Å². The van der Waals surface area contributed by atoms with E-state index in [1.54, 1.807) is 31.4 Å². The van der Waals surface area contributed by atoms with Crippen LogP contribution in [0.3, 0.4) is 0 Å². The molecule has 0 amide bonds. The minimum absolute atomic E-state index is 0. The number of carbonyl (C=O) groups is 1. The van der Waals surface area contributed by atoms with E-state index in [2.05, 4.69) is 0 Å². The summed E-state index contributed by atoms with van der Waals surface area (Å²) in [6, 6.07) is 15.7.